The molecule has 0 atom stereocenters. The molecule has 0 bridgehead atoms. The van der Waals surface area contributed by atoms with Gasteiger partial charge in [-0.3, -0.25) is 4.79 Å². The molecule has 1 aliphatic carbocycles. The molecule has 1 amide bonds. The minimum Gasteiger partial charge on any atom is -0.438 e. The van der Waals surface area contributed by atoms with Crippen LogP contribution in [0.2, 0.25) is 0 Å². The molecule has 0 unspecified atom stereocenters. The lowest BCUT2D eigenvalue weighted by Crippen LogP contribution is -2.44. The molecule has 2 heterocycles. The zero-order valence-corrected chi connectivity index (χ0v) is 16.6. The van der Waals surface area contributed by atoms with Gasteiger partial charge in [-0.05, 0) is 43.9 Å². The van der Waals surface area contributed by atoms with Crippen LogP contribution >= 0.6 is 0 Å². The molecular weight excluding hydrogens is 402 g/mol. The van der Waals surface area contributed by atoms with Crippen LogP contribution in [0.25, 0.3) is 0 Å². The Hall–Kier alpha value is -2.26. The van der Waals surface area contributed by atoms with E-state index in [1.165, 1.54) is 22.5 Å². The molecule has 1 aromatic carbocycles. The summed E-state index contributed by atoms with van der Waals surface area (Å²) >= 11 is 0. The Balaban J connectivity index is 1.59. The maximum Gasteiger partial charge on any atom is 0.287 e. The molecule has 1 saturated carbocycles. The van der Waals surface area contributed by atoms with Crippen molar-refractivity contribution in [3.63, 3.8) is 0 Å². The van der Waals surface area contributed by atoms with Crippen molar-refractivity contribution in [1.29, 1.82) is 0 Å². The summed E-state index contributed by atoms with van der Waals surface area (Å²) < 4.78 is 59.6. The van der Waals surface area contributed by atoms with E-state index in [-0.39, 0.29) is 16.4 Å². The first-order valence-electron chi connectivity index (χ1n) is 9.70. The van der Waals surface area contributed by atoms with Crippen LogP contribution in [0.4, 0.5) is 8.78 Å². The molecule has 4 rings (SSSR count). The number of carbonyl (C=O) groups excluding carboxylic acids is 1. The Morgan fingerprint density at radius 2 is 1.72 bits per heavy atom. The van der Waals surface area contributed by atoms with Gasteiger partial charge in [-0.25, -0.2) is 17.2 Å². The van der Waals surface area contributed by atoms with E-state index >= 15 is 0 Å². The number of nitrogens with one attached hydrogen (secondary N) is 1. The Morgan fingerprint density at radius 3 is 2.38 bits per heavy atom. The lowest BCUT2D eigenvalue weighted by Gasteiger charge is -2.31. The zero-order chi connectivity index (χ0) is 20.6. The molecule has 156 valence electrons. The second-order valence-corrected chi connectivity index (χ2v) is 9.47. The summed E-state index contributed by atoms with van der Waals surface area (Å²) in [6, 6.07) is 5.89. The van der Waals surface area contributed by atoms with E-state index in [0.29, 0.717) is 25.9 Å². The maximum absolute atomic E-state index is 14.4. The first-order chi connectivity index (χ1) is 13.8. The van der Waals surface area contributed by atoms with Crippen molar-refractivity contribution in [3.05, 3.63) is 53.3 Å². The number of sulfonamides is 1. The Labute approximate surface area is 167 Å². The molecule has 2 fully saturated rings. The molecule has 1 N–H and O–H groups in total. The third-order valence-corrected chi connectivity index (χ3v) is 7.49. The van der Waals surface area contributed by atoms with Gasteiger partial charge in [0.25, 0.3) is 15.9 Å². The van der Waals surface area contributed by atoms with Crippen LogP contribution in [0.3, 0.4) is 0 Å². The summed E-state index contributed by atoms with van der Waals surface area (Å²) in [5, 5.41) is 2.54. The second kappa shape index (κ2) is 7.53. The average Bonchev–Trinajstić information content (AvgIpc) is 3.43. The highest BCUT2D eigenvalue weighted by molar-refractivity contribution is 7.89. The summed E-state index contributed by atoms with van der Waals surface area (Å²) in [7, 11) is -3.77. The molecule has 9 heteroatoms. The van der Waals surface area contributed by atoms with Crippen molar-refractivity contribution in [2.75, 3.05) is 13.1 Å². The molecule has 1 saturated heterocycles. The molecule has 2 aliphatic rings. The molecule has 1 aliphatic heterocycles. The van der Waals surface area contributed by atoms with Crippen molar-refractivity contribution in [3.8, 4) is 0 Å². The highest BCUT2D eigenvalue weighted by Gasteiger charge is 2.40. The van der Waals surface area contributed by atoms with E-state index in [1.807, 2.05) is 0 Å². The number of hydrogen-bond acceptors (Lipinski definition) is 4. The Bertz CT molecular complexity index is 1020. The van der Waals surface area contributed by atoms with E-state index < -0.39 is 33.1 Å². The summed E-state index contributed by atoms with van der Waals surface area (Å²) in [5.74, 6) is -2.19. The first-order valence-corrected chi connectivity index (χ1v) is 11.1. The average molecular weight is 424 g/mol. The number of hydrogen-bond donors (Lipinski definition) is 1. The van der Waals surface area contributed by atoms with Gasteiger partial charge in [0.1, 0.15) is 11.6 Å². The lowest BCUT2D eigenvalue weighted by atomic mass is 9.87. The predicted molar refractivity (Wildman–Crippen MR) is 101 cm³/mol. The number of furan rings is 1. The summed E-state index contributed by atoms with van der Waals surface area (Å²) in [5.41, 5.74) is -0.753. The van der Waals surface area contributed by atoms with Crippen LogP contribution in [-0.4, -0.2) is 31.7 Å². The van der Waals surface area contributed by atoms with Crippen molar-refractivity contribution in [2.24, 2.45) is 0 Å². The Morgan fingerprint density at radius 1 is 1.03 bits per heavy atom. The highest BCUT2D eigenvalue weighted by Crippen LogP contribution is 2.40. The van der Waals surface area contributed by atoms with Crippen LogP contribution in [0.15, 0.2) is 39.8 Å². The van der Waals surface area contributed by atoms with E-state index in [2.05, 4.69) is 5.32 Å². The third-order valence-electron chi connectivity index (χ3n) is 5.72. The van der Waals surface area contributed by atoms with Gasteiger partial charge in [-0.2, -0.15) is 4.31 Å². The van der Waals surface area contributed by atoms with Crippen LogP contribution < -0.4 is 5.32 Å². The fraction of sp³-hybridized carbons (Fsp3) is 0.450. The smallest absolute Gasteiger partial charge is 0.287 e. The summed E-state index contributed by atoms with van der Waals surface area (Å²) in [4.78, 5) is 12.8. The molecular formula is C20H22F2N2O4S. The Kier molecular flexibility index (Phi) is 5.20. The number of rotatable bonds is 5. The van der Waals surface area contributed by atoms with Gasteiger partial charge in [-0.1, -0.05) is 18.9 Å². The molecule has 0 spiro atoms. The largest absolute Gasteiger partial charge is 0.438 e. The van der Waals surface area contributed by atoms with Crippen LogP contribution in [0.5, 0.6) is 0 Å². The number of halogens is 2. The third kappa shape index (κ3) is 3.69. The van der Waals surface area contributed by atoms with Crippen molar-refractivity contribution >= 4 is 15.9 Å². The van der Waals surface area contributed by atoms with E-state index in [4.69, 9.17) is 4.42 Å². The SMILES string of the molecule is O=C(NC1(c2ccc(F)cc2F)CCCC1)c1ccc(S(=O)(=O)N2CCCC2)o1. The second-order valence-electron chi connectivity index (χ2n) is 7.60. The van der Waals surface area contributed by atoms with E-state index in [0.717, 1.165) is 37.8 Å². The number of carbonyl (C=O) groups is 1. The number of amides is 1. The number of benzene rings is 1. The fourth-order valence-corrected chi connectivity index (χ4v) is 5.66. The van der Waals surface area contributed by atoms with Gasteiger partial charge >= 0.3 is 0 Å². The topological polar surface area (TPSA) is 79.6 Å². The maximum atomic E-state index is 14.4. The van der Waals surface area contributed by atoms with Crippen molar-refractivity contribution in [1.82, 2.24) is 9.62 Å². The standard InChI is InChI=1S/C20H22F2N2O4S/c21-14-5-6-15(16(22)13-14)20(9-1-2-10-20)23-19(25)17-7-8-18(28-17)29(26,27)24-11-3-4-12-24/h5-8,13H,1-4,9-12H2,(H,23,25). The normalized spacial score (nSPS) is 19.5. The quantitative estimate of drug-likeness (QED) is 0.796. The van der Waals surface area contributed by atoms with Crippen LogP contribution in [0.1, 0.15) is 54.6 Å². The van der Waals surface area contributed by atoms with Gasteiger partial charge in [0, 0.05) is 24.7 Å². The van der Waals surface area contributed by atoms with Gasteiger partial charge < -0.3 is 9.73 Å². The minimum atomic E-state index is -3.77. The summed E-state index contributed by atoms with van der Waals surface area (Å²) in [6.45, 7) is 0.856. The minimum absolute atomic E-state index is 0.156. The summed E-state index contributed by atoms with van der Waals surface area (Å²) in [6.07, 6.45) is 4.15. The van der Waals surface area contributed by atoms with Gasteiger partial charge in [0.05, 0.1) is 5.54 Å². The lowest BCUT2D eigenvalue weighted by molar-refractivity contribution is 0.0862. The van der Waals surface area contributed by atoms with Crippen molar-refractivity contribution < 1.29 is 26.4 Å². The van der Waals surface area contributed by atoms with Gasteiger partial charge in [0.15, 0.2) is 5.76 Å². The molecule has 6 nitrogen and oxygen atoms in total. The van der Waals surface area contributed by atoms with E-state index in [1.54, 1.807) is 0 Å². The van der Waals surface area contributed by atoms with Crippen molar-refractivity contribution in [2.45, 2.75) is 49.2 Å². The highest BCUT2D eigenvalue weighted by atomic mass is 32.2. The molecule has 1 aromatic heterocycles. The fourth-order valence-electron chi connectivity index (χ4n) is 4.23. The van der Waals surface area contributed by atoms with Crippen LogP contribution in [-0.2, 0) is 15.6 Å². The predicted octanol–water partition coefficient (Wildman–Crippen LogP) is 3.54. The van der Waals surface area contributed by atoms with Crippen LogP contribution in [0, 0.1) is 11.6 Å². The molecule has 29 heavy (non-hydrogen) atoms. The monoisotopic (exact) mass is 424 g/mol. The molecule has 0 radical (unpaired) electrons. The number of nitrogens with zero attached hydrogens (tertiary/aromatic N) is 1. The van der Waals surface area contributed by atoms with E-state index in [9.17, 15) is 22.0 Å². The zero-order valence-electron chi connectivity index (χ0n) is 15.8. The first kappa shape index (κ1) is 20.0. The van der Waals surface area contributed by atoms with Gasteiger partial charge in [-0.15, -0.1) is 0 Å². The van der Waals surface area contributed by atoms with Gasteiger partial charge in [0.2, 0.25) is 5.09 Å². The molecule has 2 aromatic rings.